The standard InChI is InChI=1S/C16H18N6O/c1-12-18-14-5-6-15(20-22(14)19-12)21-10-7-13(8-11-21)23-16-4-2-3-9-17-16/h2-6,9,13H,7-8,10-11H2,1H3. The molecule has 0 aliphatic carbocycles. The average molecular weight is 310 g/mol. The number of nitrogens with zero attached hydrogens (tertiary/aromatic N) is 6. The second kappa shape index (κ2) is 5.83. The Kier molecular flexibility index (Phi) is 3.53. The van der Waals surface area contributed by atoms with Gasteiger partial charge < -0.3 is 9.64 Å². The monoisotopic (exact) mass is 310 g/mol. The van der Waals surface area contributed by atoms with Crippen LogP contribution < -0.4 is 9.64 Å². The summed E-state index contributed by atoms with van der Waals surface area (Å²) in [5, 5.41) is 8.82. The average Bonchev–Trinajstić information content (AvgIpc) is 2.95. The van der Waals surface area contributed by atoms with Crippen molar-refractivity contribution in [3.8, 4) is 5.88 Å². The van der Waals surface area contributed by atoms with E-state index in [4.69, 9.17) is 4.74 Å². The van der Waals surface area contributed by atoms with Crippen molar-refractivity contribution in [1.29, 1.82) is 0 Å². The Balaban J connectivity index is 1.42. The summed E-state index contributed by atoms with van der Waals surface area (Å²) in [5.74, 6) is 2.36. The van der Waals surface area contributed by atoms with Gasteiger partial charge in [-0.3, -0.25) is 0 Å². The molecule has 7 nitrogen and oxygen atoms in total. The molecule has 7 heteroatoms. The predicted octanol–water partition coefficient (Wildman–Crippen LogP) is 1.88. The number of pyridine rings is 1. The quantitative estimate of drug-likeness (QED) is 0.736. The fourth-order valence-electron chi connectivity index (χ4n) is 2.84. The summed E-state index contributed by atoms with van der Waals surface area (Å²) < 4.78 is 7.53. The molecular formula is C16H18N6O. The third-order valence-electron chi connectivity index (χ3n) is 3.99. The number of piperidine rings is 1. The molecule has 1 aliphatic heterocycles. The van der Waals surface area contributed by atoms with E-state index in [1.165, 1.54) is 0 Å². The first-order valence-electron chi connectivity index (χ1n) is 7.81. The Morgan fingerprint density at radius 3 is 2.74 bits per heavy atom. The van der Waals surface area contributed by atoms with Crippen LogP contribution in [0.3, 0.4) is 0 Å². The fourth-order valence-corrected chi connectivity index (χ4v) is 2.84. The van der Waals surface area contributed by atoms with Crippen molar-refractivity contribution in [2.24, 2.45) is 0 Å². The lowest BCUT2D eigenvalue weighted by molar-refractivity contribution is 0.163. The molecule has 0 radical (unpaired) electrons. The number of ether oxygens (including phenoxy) is 1. The molecule has 23 heavy (non-hydrogen) atoms. The molecule has 0 bridgehead atoms. The van der Waals surface area contributed by atoms with E-state index in [1.54, 1.807) is 10.8 Å². The molecule has 3 aromatic heterocycles. The lowest BCUT2D eigenvalue weighted by atomic mass is 10.1. The number of rotatable bonds is 3. The van der Waals surface area contributed by atoms with Crippen LogP contribution in [-0.2, 0) is 0 Å². The number of aromatic nitrogens is 5. The Bertz CT molecular complexity index is 795. The van der Waals surface area contributed by atoms with Gasteiger partial charge in [0.15, 0.2) is 11.5 Å². The van der Waals surface area contributed by atoms with Crippen LogP contribution in [0.1, 0.15) is 18.7 Å². The molecule has 0 saturated carbocycles. The van der Waals surface area contributed by atoms with Gasteiger partial charge in [-0.1, -0.05) is 6.07 Å². The van der Waals surface area contributed by atoms with Gasteiger partial charge in [0.1, 0.15) is 11.9 Å². The van der Waals surface area contributed by atoms with Crippen LogP contribution in [0.4, 0.5) is 5.82 Å². The zero-order chi connectivity index (χ0) is 15.6. The second-order valence-electron chi connectivity index (χ2n) is 5.67. The highest BCUT2D eigenvalue weighted by atomic mass is 16.5. The highest BCUT2D eigenvalue weighted by Gasteiger charge is 2.22. The SMILES string of the molecule is Cc1nc2ccc(N3CCC(Oc4ccccn4)CC3)nn2n1. The van der Waals surface area contributed by atoms with Gasteiger partial charge in [-0.15, -0.1) is 14.8 Å². The summed E-state index contributed by atoms with van der Waals surface area (Å²) in [5.41, 5.74) is 0.777. The Morgan fingerprint density at radius 2 is 1.96 bits per heavy atom. The van der Waals surface area contributed by atoms with E-state index in [2.05, 4.69) is 25.1 Å². The van der Waals surface area contributed by atoms with Crippen molar-refractivity contribution < 1.29 is 4.74 Å². The van der Waals surface area contributed by atoms with Crippen molar-refractivity contribution >= 4 is 11.5 Å². The van der Waals surface area contributed by atoms with Crippen molar-refractivity contribution in [2.45, 2.75) is 25.9 Å². The molecule has 118 valence electrons. The minimum Gasteiger partial charge on any atom is -0.474 e. The van der Waals surface area contributed by atoms with Gasteiger partial charge in [0, 0.05) is 38.2 Å². The largest absolute Gasteiger partial charge is 0.474 e. The maximum Gasteiger partial charge on any atom is 0.213 e. The molecule has 1 aliphatic rings. The zero-order valence-electron chi connectivity index (χ0n) is 13.0. The highest BCUT2D eigenvalue weighted by Crippen LogP contribution is 2.21. The van der Waals surface area contributed by atoms with Crippen LogP contribution >= 0.6 is 0 Å². The smallest absolute Gasteiger partial charge is 0.213 e. The van der Waals surface area contributed by atoms with Crippen molar-refractivity contribution in [3.63, 3.8) is 0 Å². The van der Waals surface area contributed by atoms with E-state index in [1.807, 2.05) is 37.3 Å². The first kappa shape index (κ1) is 13.9. The molecule has 1 saturated heterocycles. The lowest BCUT2D eigenvalue weighted by Crippen LogP contribution is -2.39. The molecule has 0 aromatic carbocycles. The van der Waals surface area contributed by atoms with E-state index < -0.39 is 0 Å². The van der Waals surface area contributed by atoms with Gasteiger partial charge >= 0.3 is 0 Å². The fraction of sp³-hybridized carbons (Fsp3) is 0.375. The molecule has 0 amide bonds. The zero-order valence-corrected chi connectivity index (χ0v) is 13.0. The first-order chi connectivity index (χ1) is 11.3. The van der Waals surface area contributed by atoms with E-state index in [-0.39, 0.29) is 6.10 Å². The van der Waals surface area contributed by atoms with Crippen LogP contribution in [0.15, 0.2) is 36.5 Å². The minimum absolute atomic E-state index is 0.207. The molecule has 0 spiro atoms. The number of anilines is 1. The molecule has 1 fully saturated rings. The van der Waals surface area contributed by atoms with Gasteiger partial charge in [-0.2, -0.15) is 0 Å². The van der Waals surface area contributed by atoms with Crippen LogP contribution in [-0.4, -0.2) is 44.0 Å². The number of hydrogen-bond donors (Lipinski definition) is 0. The van der Waals surface area contributed by atoms with Gasteiger partial charge in [-0.05, 0) is 25.1 Å². The summed E-state index contributed by atoms with van der Waals surface area (Å²) in [6, 6.07) is 9.69. The minimum atomic E-state index is 0.207. The summed E-state index contributed by atoms with van der Waals surface area (Å²) in [6.45, 7) is 3.68. The Labute approximate surface area is 133 Å². The van der Waals surface area contributed by atoms with Crippen LogP contribution in [0, 0.1) is 6.92 Å². The lowest BCUT2D eigenvalue weighted by Gasteiger charge is -2.32. The van der Waals surface area contributed by atoms with Crippen molar-refractivity contribution in [2.75, 3.05) is 18.0 Å². The number of aryl methyl sites for hydroxylation is 1. The van der Waals surface area contributed by atoms with E-state index in [9.17, 15) is 0 Å². The first-order valence-corrected chi connectivity index (χ1v) is 7.81. The molecule has 3 aromatic rings. The van der Waals surface area contributed by atoms with Gasteiger partial charge in [0.05, 0.1) is 0 Å². The second-order valence-corrected chi connectivity index (χ2v) is 5.67. The molecule has 4 heterocycles. The molecular weight excluding hydrogens is 292 g/mol. The maximum atomic E-state index is 5.93. The van der Waals surface area contributed by atoms with Crippen LogP contribution in [0.5, 0.6) is 5.88 Å². The summed E-state index contributed by atoms with van der Waals surface area (Å²) in [6.07, 6.45) is 3.86. The van der Waals surface area contributed by atoms with Gasteiger partial charge in [-0.25, -0.2) is 9.97 Å². The maximum absolute atomic E-state index is 5.93. The molecule has 0 N–H and O–H groups in total. The normalized spacial score (nSPS) is 16.0. The summed E-state index contributed by atoms with van der Waals surface area (Å²) in [4.78, 5) is 10.8. The summed E-state index contributed by atoms with van der Waals surface area (Å²) >= 11 is 0. The van der Waals surface area contributed by atoms with Crippen molar-refractivity contribution in [3.05, 3.63) is 42.4 Å². The van der Waals surface area contributed by atoms with Gasteiger partial charge in [0.25, 0.3) is 0 Å². The van der Waals surface area contributed by atoms with Crippen LogP contribution in [0.2, 0.25) is 0 Å². The van der Waals surface area contributed by atoms with Crippen molar-refractivity contribution in [1.82, 2.24) is 24.8 Å². The van der Waals surface area contributed by atoms with Crippen LogP contribution in [0.25, 0.3) is 5.65 Å². The predicted molar refractivity (Wildman–Crippen MR) is 85.6 cm³/mol. The Morgan fingerprint density at radius 1 is 1.09 bits per heavy atom. The van der Waals surface area contributed by atoms with Gasteiger partial charge in [0.2, 0.25) is 5.88 Å². The van der Waals surface area contributed by atoms with E-state index in [0.29, 0.717) is 5.88 Å². The summed E-state index contributed by atoms with van der Waals surface area (Å²) in [7, 11) is 0. The third-order valence-corrected chi connectivity index (χ3v) is 3.99. The highest BCUT2D eigenvalue weighted by molar-refractivity contribution is 5.45. The molecule has 0 atom stereocenters. The van der Waals surface area contributed by atoms with E-state index >= 15 is 0 Å². The van der Waals surface area contributed by atoms with E-state index in [0.717, 1.165) is 43.2 Å². The Hall–Kier alpha value is -2.70. The molecule has 4 rings (SSSR count). The third kappa shape index (κ3) is 2.94. The topological polar surface area (TPSA) is 68.4 Å². The number of hydrogen-bond acceptors (Lipinski definition) is 6. The number of fused-ring (bicyclic) bond motifs is 1. The molecule has 0 unspecified atom stereocenters.